The van der Waals surface area contributed by atoms with Gasteiger partial charge in [-0.05, 0) is 30.5 Å². The van der Waals surface area contributed by atoms with Gasteiger partial charge in [0.15, 0.2) is 9.84 Å². The predicted octanol–water partition coefficient (Wildman–Crippen LogP) is 3.06. The Morgan fingerprint density at radius 1 is 1.15 bits per heavy atom. The Kier molecular flexibility index (Phi) is 9.08. The molecule has 1 aromatic heterocycles. The normalized spacial score (nSPS) is 11.6. The third-order valence-electron chi connectivity index (χ3n) is 4.92. The van der Waals surface area contributed by atoms with Crippen LogP contribution < -0.4 is 10.2 Å². The van der Waals surface area contributed by atoms with Gasteiger partial charge < -0.3 is 19.7 Å². The quantitative estimate of drug-likeness (QED) is 0.356. The summed E-state index contributed by atoms with van der Waals surface area (Å²) in [5, 5.41) is 15.0. The van der Waals surface area contributed by atoms with E-state index in [1.54, 1.807) is 30.0 Å². The minimum absolute atomic E-state index is 0.0384. The van der Waals surface area contributed by atoms with E-state index in [2.05, 4.69) is 15.3 Å². The molecule has 0 unspecified atom stereocenters. The van der Waals surface area contributed by atoms with Crippen molar-refractivity contribution >= 4 is 32.8 Å². The van der Waals surface area contributed by atoms with Gasteiger partial charge in [-0.15, -0.1) is 0 Å². The lowest BCUT2D eigenvalue weighted by atomic mass is 10.0. The lowest BCUT2D eigenvalue weighted by Crippen LogP contribution is -2.32. The molecule has 12 heteroatoms. The fourth-order valence-corrected chi connectivity index (χ4v) is 4.06. The molecule has 0 bridgehead atoms. The highest BCUT2D eigenvalue weighted by Crippen LogP contribution is 2.36. The third kappa shape index (κ3) is 6.83. The highest BCUT2D eigenvalue weighted by molar-refractivity contribution is 7.90. The van der Waals surface area contributed by atoms with Crippen LogP contribution in [0, 0.1) is 17.0 Å². The molecule has 1 aromatic carbocycles. The van der Waals surface area contributed by atoms with E-state index in [4.69, 9.17) is 9.47 Å². The molecule has 1 N–H and O–H groups in total. The molecule has 0 atom stereocenters. The van der Waals surface area contributed by atoms with E-state index in [0.717, 1.165) is 11.8 Å². The number of nitrogens with one attached hydrogen (secondary N) is 1. The van der Waals surface area contributed by atoms with E-state index < -0.39 is 14.8 Å². The zero-order chi connectivity index (χ0) is 24.8. The molecule has 0 spiro atoms. The van der Waals surface area contributed by atoms with Crippen LogP contribution in [0.2, 0.25) is 0 Å². The molecule has 0 saturated carbocycles. The van der Waals surface area contributed by atoms with Crippen molar-refractivity contribution in [3.63, 3.8) is 0 Å². The van der Waals surface area contributed by atoms with Gasteiger partial charge in [-0.3, -0.25) is 10.1 Å². The molecular formula is C21H31N5O6S. The van der Waals surface area contributed by atoms with Gasteiger partial charge in [-0.1, -0.05) is 19.9 Å². The highest BCUT2D eigenvalue weighted by Gasteiger charge is 2.29. The molecule has 11 nitrogen and oxygen atoms in total. The van der Waals surface area contributed by atoms with Gasteiger partial charge in [0.1, 0.15) is 5.82 Å². The number of nitro groups is 1. The Bertz CT molecular complexity index is 1080. The number of methoxy groups -OCH3 is 2. The number of ether oxygens (including phenoxy) is 2. The highest BCUT2D eigenvalue weighted by atomic mass is 32.2. The second kappa shape index (κ2) is 11.3. The number of hydrogen-bond donors (Lipinski definition) is 1. The summed E-state index contributed by atoms with van der Waals surface area (Å²) in [6.07, 6.45) is 1.10. The zero-order valence-electron chi connectivity index (χ0n) is 19.8. The van der Waals surface area contributed by atoms with Crippen LogP contribution in [0.25, 0.3) is 0 Å². The van der Waals surface area contributed by atoms with E-state index in [1.807, 2.05) is 13.8 Å². The van der Waals surface area contributed by atoms with Crippen LogP contribution >= 0.6 is 0 Å². The van der Waals surface area contributed by atoms with Crippen LogP contribution in [0.5, 0.6) is 0 Å². The van der Waals surface area contributed by atoms with Crippen molar-refractivity contribution in [1.82, 2.24) is 9.97 Å². The maximum absolute atomic E-state index is 12.5. The first-order chi connectivity index (χ1) is 15.5. The van der Waals surface area contributed by atoms with Crippen molar-refractivity contribution in [2.45, 2.75) is 31.6 Å². The summed E-state index contributed by atoms with van der Waals surface area (Å²) in [7, 11) is -0.550. The van der Waals surface area contributed by atoms with E-state index in [9.17, 15) is 18.5 Å². The fourth-order valence-electron chi connectivity index (χ4n) is 3.19. The maximum atomic E-state index is 12.5. The summed E-state index contributed by atoms with van der Waals surface area (Å²) < 4.78 is 35.2. The number of aromatic nitrogens is 2. The van der Waals surface area contributed by atoms with Crippen molar-refractivity contribution in [1.29, 1.82) is 0 Å². The van der Waals surface area contributed by atoms with E-state index in [-0.39, 0.29) is 39.6 Å². The molecule has 0 radical (unpaired) electrons. The summed E-state index contributed by atoms with van der Waals surface area (Å²) in [5.74, 6) is 0.405. The standard InChI is InChI=1S/C21H31N5O6S/c1-14(2)16-7-8-17(18(13-16)33(6,29)30)24-20-19(26(27)28)21(23-15(3)22-20)25(9-11-31-4)10-12-32-5/h7-8,13-14H,9-12H2,1-6H3,(H,22,23,24). The molecule has 0 amide bonds. The minimum Gasteiger partial charge on any atom is -0.383 e. The van der Waals surface area contributed by atoms with Crippen LogP contribution in [-0.4, -0.2) is 70.1 Å². The van der Waals surface area contributed by atoms with Crippen molar-refractivity contribution in [3.8, 4) is 0 Å². The van der Waals surface area contributed by atoms with Crippen molar-refractivity contribution < 1.29 is 22.8 Å². The number of aryl methyl sites for hydroxylation is 1. The molecule has 0 saturated heterocycles. The number of benzene rings is 1. The Hall–Kier alpha value is -2.83. The molecule has 1 heterocycles. The maximum Gasteiger partial charge on any atom is 0.353 e. The largest absolute Gasteiger partial charge is 0.383 e. The number of anilines is 3. The molecular weight excluding hydrogens is 450 g/mol. The number of rotatable bonds is 12. The first-order valence-electron chi connectivity index (χ1n) is 10.4. The van der Waals surface area contributed by atoms with E-state index in [1.165, 1.54) is 14.2 Å². The average Bonchev–Trinajstić information content (AvgIpc) is 2.72. The van der Waals surface area contributed by atoms with Gasteiger partial charge in [0.2, 0.25) is 11.6 Å². The molecule has 2 rings (SSSR count). The second-order valence-corrected chi connectivity index (χ2v) is 9.81. The predicted molar refractivity (Wildman–Crippen MR) is 126 cm³/mol. The van der Waals surface area contributed by atoms with Gasteiger partial charge in [0.25, 0.3) is 0 Å². The van der Waals surface area contributed by atoms with Gasteiger partial charge in [-0.25, -0.2) is 18.4 Å². The van der Waals surface area contributed by atoms with Crippen LogP contribution in [0.4, 0.5) is 23.0 Å². The molecule has 0 aliphatic rings. The van der Waals surface area contributed by atoms with Crippen LogP contribution in [0.15, 0.2) is 23.1 Å². The Balaban J connectivity index is 2.65. The van der Waals surface area contributed by atoms with Crippen LogP contribution in [0.3, 0.4) is 0 Å². The Morgan fingerprint density at radius 2 is 1.76 bits per heavy atom. The van der Waals surface area contributed by atoms with E-state index in [0.29, 0.717) is 26.3 Å². The lowest BCUT2D eigenvalue weighted by Gasteiger charge is -2.24. The average molecular weight is 482 g/mol. The Morgan fingerprint density at radius 3 is 2.24 bits per heavy atom. The first kappa shape index (κ1) is 26.4. The minimum atomic E-state index is -3.62. The SMILES string of the molecule is COCCN(CCOC)c1nc(C)nc(Nc2ccc(C(C)C)cc2S(C)(=O)=O)c1[N+](=O)[O-]. The van der Waals surface area contributed by atoms with Gasteiger partial charge >= 0.3 is 5.69 Å². The van der Waals surface area contributed by atoms with E-state index >= 15 is 0 Å². The molecule has 0 fully saturated rings. The summed E-state index contributed by atoms with van der Waals surface area (Å²) >= 11 is 0. The van der Waals surface area contributed by atoms with Gasteiger partial charge in [-0.2, -0.15) is 0 Å². The van der Waals surface area contributed by atoms with Crippen LogP contribution in [0.1, 0.15) is 31.2 Å². The molecule has 33 heavy (non-hydrogen) atoms. The van der Waals surface area contributed by atoms with Crippen molar-refractivity contribution in [2.75, 3.05) is 57.0 Å². The lowest BCUT2D eigenvalue weighted by molar-refractivity contribution is -0.383. The van der Waals surface area contributed by atoms with Gasteiger partial charge in [0.05, 0.1) is 28.7 Å². The molecule has 0 aliphatic carbocycles. The number of sulfone groups is 1. The van der Waals surface area contributed by atoms with Crippen molar-refractivity contribution in [3.05, 3.63) is 39.7 Å². The third-order valence-corrected chi connectivity index (χ3v) is 6.05. The smallest absolute Gasteiger partial charge is 0.353 e. The number of nitrogens with zero attached hydrogens (tertiary/aromatic N) is 4. The summed E-state index contributed by atoms with van der Waals surface area (Å²) in [5.41, 5.74) is 0.676. The molecule has 2 aromatic rings. The van der Waals surface area contributed by atoms with Crippen LogP contribution in [-0.2, 0) is 19.3 Å². The second-order valence-electron chi connectivity index (χ2n) is 7.83. The van der Waals surface area contributed by atoms with Crippen molar-refractivity contribution in [2.24, 2.45) is 0 Å². The first-order valence-corrected chi connectivity index (χ1v) is 12.3. The number of hydrogen-bond acceptors (Lipinski definition) is 10. The molecule has 182 valence electrons. The summed E-state index contributed by atoms with van der Waals surface area (Å²) in [6.45, 7) is 6.84. The topological polar surface area (TPSA) is 137 Å². The van der Waals surface area contributed by atoms with Gasteiger partial charge in [0, 0.05) is 33.6 Å². The molecule has 0 aliphatic heterocycles. The summed E-state index contributed by atoms with van der Waals surface area (Å²) in [4.78, 5) is 21.8. The fraction of sp³-hybridized carbons (Fsp3) is 0.524. The summed E-state index contributed by atoms with van der Waals surface area (Å²) in [6, 6.07) is 4.96. The Labute approximate surface area is 194 Å². The zero-order valence-corrected chi connectivity index (χ0v) is 20.6. The monoisotopic (exact) mass is 481 g/mol.